The summed E-state index contributed by atoms with van der Waals surface area (Å²) in [4.78, 5) is 4.52. The Morgan fingerprint density at radius 2 is 1.88 bits per heavy atom. The standard InChI is InChI=1S/C13H29N3O/c1-6-8-9-10-15-12(14-7-2)16-11-13(3,4)17-5/h6-11H2,1-5H3,(H2,14,15,16). The molecule has 102 valence electrons. The Labute approximate surface area is 106 Å². The molecule has 0 aliphatic rings. The molecule has 0 aromatic carbocycles. The highest BCUT2D eigenvalue weighted by Gasteiger charge is 2.15. The Kier molecular flexibility index (Phi) is 8.86. The van der Waals surface area contributed by atoms with E-state index in [1.807, 2.05) is 13.8 Å². The van der Waals surface area contributed by atoms with Crippen LogP contribution in [0.5, 0.6) is 0 Å². The fourth-order valence-electron chi connectivity index (χ4n) is 1.26. The van der Waals surface area contributed by atoms with Crippen molar-refractivity contribution in [1.29, 1.82) is 0 Å². The predicted octanol–water partition coefficient (Wildman–Crippen LogP) is 2.16. The Morgan fingerprint density at radius 1 is 1.18 bits per heavy atom. The molecule has 0 saturated heterocycles. The molecule has 0 aliphatic carbocycles. The fraction of sp³-hybridized carbons (Fsp3) is 0.923. The summed E-state index contributed by atoms with van der Waals surface area (Å²) < 4.78 is 5.35. The van der Waals surface area contributed by atoms with Crippen molar-refractivity contribution >= 4 is 5.96 Å². The number of nitrogens with zero attached hydrogens (tertiary/aromatic N) is 1. The number of unbranched alkanes of at least 4 members (excludes halogenated alkanes) is 2. The van der Waals surface area contributed by atoms with E-state index in [4.69, 9.17) is 4.74 Å². The second-order valence-electron chi connectivity index (χ2n) is 4.79. The van der Waals surface area contributed by atoms with Crippen molar-refractivity contribution in [1.82, 2.24) is 10.6 Å². The van der Waals surface area contributed by atoms with Crippen LogP contribution in [0.25, 0.3) is 0 Å². The van der Waals surface area contributed by atoms with Gasteiger partial charge in [-0.25, -0.2) is 0 Å². The van der Waals surface area contributed by atoms with Crippen LogP contribution >= 0.6 is 0 Å². The van der Waals surface area contributed by atoms with E-state index in [0.29, 0.717) is 6.54 Å². The SMILES string of the molecule is CCCCCNC(=NCC(C)(C)OC)NCC. The van der Waals surface area contributed by atoms with Crippen molar-refractivity contribution in [3.05, 3.63) is 0 Å². The molecule has 4 nitrogen and oxygen atoms in total. The average molecular weight is 243 g/mol. The van der Waals surface area contributed by atoms with Gasteiger partial charge in [-0.3, -0.25) is 4.99 Å². The van der Waals surface area contributed by atoms with E-state index in [2.05, 4.69) is 29.5 Å². The molecule has 4 heteroatoms. The first-order chi connectivity index (χ1) is 8.05. The van der Waals surface area contributed by atoms with Crippen LogP contribution in [0.15, 0.2) is 4.99 Å². The minimum absolute atomic E-state index is 0.203. The molecule has 2 N–H and O–H groups in total. The summed E-state index contributed by atoms with van der Waals surface area (Å²) in [5, 5.41) is 6.58. The third-order valence-electron chi connectivity index (χ3n) is 2.59. The molecule has 0 heterocycles. The maximum Gasteiger partial charge on any atom is 0.191 e. The van der Waals surface area contributed by atoms with Crippen molar-refractivity contribution < 1.29 is 4.74 Å². The molecule has 0 saturated carbocycles. The smallest absolute Gasteiger partial charge is 0.191 e. The quantitative estimate of drug-likeness (QED) is 0.390. The molecule has 0 aromatic heterocycles. The lowest BCUT2D eigenvalue weighted by Crippen LogP contribution is -2.39. The summed E-state index contributed by atoms with van der Waals surface area (Å²) in [6.07, 6.45) is 3.69. The molecular formula is C13H29N3O. The van der Waals surface area contributed by atoms with Crippen LogP contribution in [-0.4, -0.2) is 38.3 Å². The third-order valence-corrected chi connectivity index (χ3v) is 2.59. The molecule has 17 heavy (non-hydrogen) atoms. The van der Waals surface area contributed by atoms with Crippen LogP contribution in [0.4, 0.5) is 0 Å². The highest BCUT2D eigenvalue weighted by atomic mass is 16.5. The van der Waals surface area contributed by atoms with Crippen LogP contribution in [0, 0.1) is 0 Å². The van der Waals surface area contributed by atoms with Gasteiger partial charge in [0.2, 0.25) is 0 Å². The van der Waals surface area contributed by atoms with Gasteiger partial charge in [-0.05, 0) is 27.2 Å². The van der Waals surface area contributed by atoms with Crippen molar-refractivity contribution in [2.45, 2.75) is 52.6 Å². The van der Waals surface area contributed by atoms with Crippen molar-refractivity contribution in [3.8, 4) is 0 Å². The van der Waals surface area contributed by atoms with Gasteiger partial charge < -0.3 is 15.4 Å². The molecule has 0 aromatic rings. The normalized spacial score (nSPS) is 12.6. The van der Waals surface area contributed by atoms with Crippen molar-refractivity contribution in [3.63, 3.8) is 0 Å². The van der Waals surface area contributed by atoms with E-state index in [1.165, 1.54) is 19.3 Å². The van der Waals surface area contributed by atoms with Gasteiger partial charge in [0.25, 0.3) is 0 Å². The number of hydrogen-bond donors (Lipinski definition) is 2. The highest BCUT2D eigenvalue weighted by molar-refractivity contribution is 5.79. The second-order valence-corrected chi connectivity index (χ2v) is 4.79. The van der Waals surface area contributed by atoms with Crippen LogP contribution in [0.3, 0.4) is 0 Å². The number of hydrogen-bond acceptors (Lipinski definition) is 2. The first-order valence-corrected chi connectivity index (χ1v) is 6.63. The average Bonchev–Trinajstić information content (AvgIpc) is 2.31. The minimum Gasteiger partial charge on any atom is -0.377 e. The topological polar surface area (TPSA) is 45.7 Å². The molecule has 0 rings (SSSR count). The van der Waals surface area contributed by atoms with E-state index < -0.39 is 0 Å². The van der Waals surface area contributed by atoms with E-state index in [9.17, 15) is 0 Å². The second kappa shape index (κ2) is 9.28. The van der Waals surface area contributed by atoms with Gasteiger partial charge in [-0.15, -0.1) is 0 Å². The zero-order valence-corrected chi connectivity index (χ0v) is 12.1. The molecule has 0 fully saturated rings. The van der Waals surface area contributed by atoms with Gasteiger partial charge in [0.05, 0.1) is 12.1 Å². The van der Waals surface area contributed by atoms with Gasteiger partial charge in [-0.1, -0.05) is 19.8 Å². The predicted molar refractivity (Wildman–Crippen MR) is 74.6 cm³/mol. The van der Waals surface area contributed by atoms with Crippen LogP contribution in [0.1, 0.15) is 47.0 Å². The zero-order chi connectivity index (χ0) is 13.1. The van der Waals surface area contributed by atoms with Gasteiger partial charge in [0.1, 0.15) is 0 Å². The first-order valence-electron chi connectivity index (χ1n) is 6.63. The van der Waals surface area contributed by atoms with Crippen LogP contribution < -0.4 is 10.6 Å². The van der Waals surface area contributed by atoms with Crippen LogP contribution in [0.2, 0.25) is 0 Å². The Balaban J connectivity index is 4.07. The Hall–Kier alpha value is -0.770. The fourth-order valence-corrected chi connectivity index (χ4v) is 1.26. The largest absolute Gasteiger partial charge is 0.377 e. The lowest BCUT2D eigenvalue weighted by Gasteiger charge is -2.21. The zero-order valence-electron chi connectivity index (χ0n) is 12.1. The molecule has 0 unspecified atom stereocenters. The Bertz CT molecular complexity index is 215. The third kappa shape index (κ3) is 8.98. The van der Waals surface area contributed by atoms with E-state index in [0.717, 1.165) is 19.0 Å². The maximum atomic E-state index is 5.35. The lowest BCUT2D eigenvalue weighted by molar-refractivity contribution is 0.0310. The number of ether oxygens (including phenoxy) is 1. The lowest BCUT2D eigenvalue weighted by atomic mass is 10.1. The maximum absolute atomic E-state index is 5.35. The van der Waals surface area contributed by atoms with Gasteiger partial charge in [0.15, 0.2) is 5.96 Å². The summed E-state index contributed by atoms with van der Waals surface area (Å²) in [6, 6.07) is 0. The molecule has 0 radical (unpaired) electrons. The monoisotopic (exact) mass is 243 g/mol. The molecule has 0 spiro atoms. The molecule has 0 atom stereocenters. The number of guanidine groups is 1. The van der Waals surface area contributed by atoms with E-state index in [1.54, 1.807) is 7.11 Å². The first kappa shape index (κ1) is 16.2. The highest BCUT2D eigenvalue weighted by Crippen LogP contribution is 2.06. The molecule has 0 amide bonds. The van der Waals surface area contributed by atoms with Gasteiger partial charge >= 0.3 is 0 Å². The minimum atomic E-state index is -0.203. The molecule has 0 bridgehead atoms. The van der Waals surface area contributed by atoms with E-state index in [-0.39, 0.29) is 5.60 Å². The summed E-state index contributed by atoms with van der Waals surface area (Å²) in [7, 11) is 1.72. The van der Waals surface area contributed by atoms with Gasteiger partial charge in [-0.2, -0.15) is 0 Å². The Morgan fingerprint density at radius 3 is 2.41 bits per heavy atom. The van der Waals surface area contributed by atoms with Crippen molar-refractivity contribution in [2.24, 2.45) is 4.99 Å². The number of aliphatic imine (C=N–C) groups is 1. The summed E-state index contributed by atoms with van der Waals surface area (Å²) in [6.45, 7) is 10.9. The number of rotatable bonds is 8. The summed E-state index contributed by atoms with van der Waals surface area (Å²) in [5.74, 6) is 0.883. The number of methoxy groups -OCH3 is 1. The van der Waals surface area contributed by atoms with Crippen molar-refractivity contribution in [2.75, 3.05) is 26.7 Å². The number of nitrogens with one attached hydrogen (secondary N) is 2. The van der Waals surface area contributed by atoms with Gasteiger partial charge in [0, 0.05) is 20.2 Å². The van der Waals surface area contributed by atoms with Crippen LogP contribution in [-0.2, 0) is 4.74 Å². The summed E-state index contributed by atoms with van der Waals surface area (Å²) in [5.41, 5.74) is -0.203. The molecular weight excluding hydrogens is 214 g/mol. The molecule has 0 aliphatic heterocycles. The summed E-state index contributed by atoms with van der Waals surface area (Å²) >= 11 is 0. The van der Waals surface area contributed by atoms with E-state index >= 15 is 0 Å².